The summed E-state index contributed by atoms with van der Waals surface area (Å²) in [5.41, 5.74) is 0.0844. The molecule has 8 heteroatoms. The van der Waals surface area contributed by atoms with Crippen LogP contribution in [0.5, 0.6) is 5.75 Å². The van der Waals surface area contributed by atoms with Gasteiger partial charge < -0.3 is 10.1 Å². The van der Waals surface area contributed by atoms with Gasteiger partial charge in [-0.3, -0.25) is 14.6 Å². The molecule has 0 fully saturated rings. The van der Waals surface area contributed by atoms with Crippen molar-refractivity contribution in [3.63, 3.8) is 0 Å². The highest BCUT2D eigenvalue weighted by atomic mass is 16.5. The predicted molar refractivity (Wildman–Crippen MR) is 88.5 cm³/mol. The molecule has 0 unspecified atom stereocenters. The van der Waals surface area contributed by atoms with Crippen molar-refractivity contribution >= 4 is 17.5 Å². The number of benzene rings is 1. The summed E-state index contributed by atoms with van der Waals surface area (Å²) in [6.45, 7) is 2.01. The van der Waals surface area contributed by atoms with Gasteiger partial charge in [0.25, 0.3) is 11.5 Å². The number of nitrogens with zero attached hydrogens (tertiary/aromatic N) is 3. The first-order valence-corrected chi connectivity index (χ1v) is 7.55. The van der Waals surface area contributed by atoms with Crippen molar-refractivity contribution in [2.24, 2.45) is 0 Å². The number of nitrogens with one attached hydrogen (secondary N) is 2. The first kappa shape index (κ1) is 15.7. The molecule has 8 nitrogen and oxygen atoms in total. The SMILES string of the molecule is CCCc1nc2[nH]c(=O)cc(NC(=O)c3ccc(OC)cc3)n2n1. The number of anilines is 1. The summed E-state index contributed by atoms with van der Waals surface area (Å²) in [5, 5.41) is 7.01. The van der Waals surface area contributed by atoms with Crippen LogP contribution in [-0.4, -0.2) is 32.6 Å². The fourth-order valence-corrected chi connectivity index (χ4v) is 2.28. The zero-order valence-electron chi connectivity index (χ0n) is 13.4. The fraction of sp³-hybridized carbons (Fsp3) is 0.250. The number of rotatable bonds is 5. The molecule has 0 saturated heterocycles. The minimum atomic E-state index is -0.358. The molecule has 2 N–H and O–H groups in total. The molecular weight excluding hydrogens is 310 g/mol. The summed E-state index contributed by atoms with van der Waals surface area (Å²) < 4.78 is 6.49. The molecule has 3 rings (SSSR count). The van der Waals surface area contributed by atoms with E-state index in [0.29, 0.717) is 29.3 Å². The van der Waals surface area contributed by atoms with Crippen molar-refractivity contribution in [2.75, 3.05) is 12.4 Å². The number of aromatic nitrogens is 4. The van der Waals surface area contributed by atoms with Gasteiger partial charge in [0, 0.05) is 18.1 Å². The first-order chi connectivity index (χ1) is 11.6. The molecule has 0 aliphatic heterocycles. The Kier molecular flexibility index (Phi) is 4.28. The topological polar surface area (TPSA) is 101 Å². The number of carbonyl (C=O) groups excluding carboxylic acids is 1. The zero-order chi connectivity index (χ0) is 17.1. The van der Waals surface area contributed by atoms with Gasteiger partial charge in [0.2, 0.25) is 5.78 Å². The third-order valence-electron chi connectivity index (χ3n) is 3.45. The van der Waals surface area contributed by atoms with Gasteiger partial charge in [-0.05, 0) is 30.7 Å². The van der Waals surface area contributed by atoms with Crippen LogP contribution in [0.25, 0.3) is 5.78 Å². The van der Waals surface area contributed by atoms with Gasteiger partial charge in [-0.15, -0.1) is 5.10 Å². The normalized spacial score (nSPS) is 10.8. The van der Waals surface area contributed by atoms with Crippen molar-refractivity contribution in [1.29, 1.82) is 0 Å². The van der Waals surface area contributed by atoms with Gasteiger partial charge in [-0.25, -0.2) is 0 Å². The van der Waals surface area contributed by atoms with E-state index in [1.165, 1.54) is 10.6 Å². The van der Waals surface area contributed by atoms with Gasteiger partial charge in [-0.1, -0.05) is 6.92 Å². The number of ether oxygens (including phenoxy) is 1. The highest BCUT2D eigenvalue weighted by molar-refractivity contribution is 6.03. The first-order valence-electron chi connectivity index (χ1n) is 7.55. The number of fused-ring (bicyclic) bond motifs is 1. The van der Waals surface area contributed by atoms with E-state index in [9.17, 15) is 9.59 Å². The number of aromatic amines is 1. The molecule has 1 aromatic carbocycles. The third-order valence-corrected chi connectivity index (χ3v) is 3.45. The van der Waals surface area contributed by atoms with Crippen LogP contribution in [0.4, 0.5) is 5.82 Å². The van der Waals surface area contributed by atoms with Crippen molar-refractivity contribution in [3.8, 4) is 5.75 Å². The smallest absolute Gasteiger partial charge is 0.256 e. The molecule has 0 radical (unpaired) electrons. The Bertz CT molecular complexity index is 927. The van der Waals surface area contributed by atoms with Crippen LogP contribution in [-0.2, 0) is 6.42 Å². The Hall–Kier alpha value is -3.16. The van der Waals surface area contributed by atoms with Gasteiger partial charge >= 0.3 is 0 Å². The number of H-pyrrole nitrogens is 1. The van der Waals surface area contributed by atoms with E-state index in [4.69, 9.17) is 4.74 Å². The number of hydrogen-bond acceptors (Lipinski definition) is 5. The standard InChI is InChI=1S/C16H17N5O3/c1-3-4-12-17-16-19-14(22)9-13(21(16)20-12)18-15(23)10-5-7-11(24-2)8-6-10/h5-9H,3-4H2,1-2H3,(H,18,23)(H,17,19,20,22). The van der Waals surface area contributed by atoms with E-state index in [2.05, 4.69) is 20.4 Å². The number of carbonyl (C=O) groups is 1. The van der Waals surface area contributed by atoms with E-state index < -0.39 is 0 Å². The van der Waals surface area contributed by atoms with Crippen LogP contribution in [0.3, 0.4) is 0 Å². The molecule has 124 valence electrons. The van der Waals surface area contributed by atoms with Crippen LogP contribution in [0.1, 0.15) is 29.5 Å². The van der Waals surface area contributed by atoms with Crippen LogP contribution in [0.15, 0.2) is 35.1 Å². The lowest BCUT2D eigenvalue weighted by molar-refractivity contribution is 0.102. The monoisotopic (exact) mass is 327 g/mol. The van der Waals surface area contributed by atoms with Crippen LogP contribution in [0.2, 0.25) is 0 Å². The summed E-state index contributed by atoms with van der Waals surface area (Å²) in [6, 6.07) is 7.94. The fourth-order valence-electron chi connectivity index (χ4n) is 2.28. The maximum absolute atomic E-state index is 12.4. The molecule has 1 amide bonds. The summed E-state index contributed by atoms with van der Waals surface area (Å²) in [5.74, 6) is 1.49. The molecule has 0 bridgehead atoms. The highest BCUT2D eigenvalue weighted by Crippen LogP contribution is 2.13. The lowest BCUT2D eigenvalue weighted by atomic mass is 10.2. The van der Waals surface area contributed by atoms with Crippen molar-refractivity contribution in [3.05, 3.63) is 52.1 Å². The van der Waals surface area contributed by atoms with Crippen LogP contribution < -0.4 is 15.6 Å². The Labute approximate surface area is 137 Å². The number of aryl methyl sites for hydroxylation is 1. The van der Waals surface area contributed by atoms with Crippen LogP contribution >= 0.6 is 0 Å². The van der Waals surface area contributed by atoms with E-state index in [0.717, 1.165) is 6.42 Å². The zero-order valence-corrected chi connectivity index (χ0v) is 13.4. The Morgan fingerprint density at radius 2 is 2.08 bits per heavy atom. The summed E-state index contributed by atoms with van der Waals surface area (Å²) in [4.78, 5) is 31.0. The number of methoxy groups -OCH3 is 1. The molecular formula is C16H17N5O3. The van der Waals surface area contributed by atoms with Gasteiger partial charge in [0.15, 0.2) is 5.82 Å². The third kappa shape index (κ3) is 3.12. The lowest BCUT2D eigenvalue weighted by Crippen LogP contribution is -2.18. The molecule has 3 aromatic rings. The highest BCUT2D eigenvalue weighted by Gasteiger charge is 2.13. The van der Waals surface area contributed by atoms with Gasteiger partial charge in [0.05, 0.1) is 7.11 Å². The van der Waals surface area contributed by atoms with Crippen LogP contribution in [0, 0.1) is 0 Å². The largest absolute Gasteiger partial charge is 0.497 e. The molecule has 0 saturated carbocycles. The predicted octanol–water partition coefficient (Wildman–Crippen LogP) is 1.63. The quantitative estimate of drug-likeness (QED) is 0.741. The molecule has 2 aromatic heterocycles. The minimum absolute atomic E-state index is 0.268. The Morgan fingerprint density at radius 3 is 2.75 bits per heavy atom. The van der Waals surface area contributed by atoms with Crippen molar-refractivity contribution in [2.45, 2.75) is 19.8 Å². The van der Waals surface area contributed by atoms with E-state index in [1.807, 2.05) is 6.92 Å². The second kappa shape index (κ2) is 6.53. The molecule has 2 heterocycles. The second-order valence-electron chi connectivity index (χ2n) is 5.21. The maximum atomic E-state index is 12.4. The summed E-state index contributed by atoms with van der Waals surface area (Å²) in [7, 11) is 1.56. The molecule has 24 heavy (non-hydrogen) atoms. The van der Waals surface area contributed by atoms with Crippen molar-refractivity contribution in [1.82, 2.24) is 19.6 Å². The van der Waals surface area contributed by atoms with E-state index in [-0.39, 0.29) is 17.3 Å². The van der Waals surface area contributed by atoms with Gasteiger partial charge in [0.1, 0.15) is 11.6 Å². The van der Waals surface area contributed by atoms with E-state index >= 15 is 0 Å². The summed E-state index contributed by atoms with van der Waals surface area (Å²) in [6.07, 6.45) is 1.57. The maximum Gasteiger partial charge on any atom is 0.256 e. The molecule has 0 aliphatic carbocycles. The molecule has 0 spiro atoms. The second-order valence-corrected chi connectivity index (χ2v) is 5.21. The average Bonchev–Trinajstić information content (AvgIpc) is 2.97. The lowest BCUT2D eigenvalue weighted by Gasteiger charge is -2.07. The summed E-state index contributed by atoms with van der Waals surface area (Å²) >= 11 is 0. The average molecular weight is 327 g/mol. The Morgan fingerprint density at radius 1 is 1.33 bits per heavy atom. The number of hydrogen-bond donors (Lipinski definition) is 2. The Balaban J connectivity index is 1.93. The minimum Gasteiger partial charge on any atom is -0.497 e. The number of amides is 1. The molecule has 0 aliphatic rings. The molecule has 0 atom stereocenters. The van der Waals surface area contributed by atoms with Crippen molar-refractivity contribution < 1.29 is 9.53 Å². The van der Waals surface area contributed by atoms with E-state index in [1.54, 1.807) is 31.4 Å². The van der Waals surface area contributed by atoms with Gasteiger partial charge in [-0.2, -0.15) is 9.50 Å².